The van der Waals surface area contributed by atoms with Crippen molar-refractivity contribution >= 4 is 12.0 Å². The number of methoxy groups -OCH3 is 1. The first kappa shape index (κ1) is 19.8. The van der Waals surface area contributed by atoms with E-state index >= 15 is 0 Å². The minimum atomic E-state index is -0.275. The van der Waals surface area contributed by atoms with Crippen LogP contribution in [0.3, 0.4) is 0 Å². The van der Waals surface area contributed by atoms with Crippen LogP contribution in [-0.2, 0) is 9.53 Å². The molecule has 0 aliphatic rings. The van der Waals surface area contributed by atoms with Crippen molar-refractivity contribution in [2.75, 3.05) is 13.7 Å². The molecule has 24 heavy (non-hydrogen) atoms. The Hall–Kier alpha value is -2.29. The third-order valence-corrected chi connectivity index (χ3v) is 4.03. The molecule has 1 aromatic carbocycles. The Balaban J connectivity index is 3.01. The van der Waals surface area contributed by atoms with Crippen molar-refractivity contribution in [3.8, 4) is 5.75 Å². The summed E-state index contributed by atoms with van der Waals surface area (Å²) in [5.74, 6) is 0.644. The Morgan fingerprint density at radius 2 is 1.79 bits per heavy atom. The standard InChI is InChI=1S/C21H28O3/c1-8-24-21(22)15(3)11-9-14(2)10-12-19-16(4)13-20(23-7)18(6)17(19)5/h9-13H,8H2,1-7H3. The van der Waals surface area contributed by atoms with E-state index < -0.39 is 0 Å². The second kappa shape index (κ2) is 9.11. The summed E-state index contributed by atoms with van der Waals surface area (Å²) >= 11 is 0. The van der Waals surface area contributed by atoms with Crippen LogP contribution in [0.1, 0.15) is 43.0 Å². The summed E-state index contributed by atoms with van der Waals surface area (Å²) in [6, 6.07) is 2.06. The van der Waals surface area contributed by atoms with Gasteiger partial charge < -0.3 is 9.47 Å². The maximum atomic E-state index is 11.6. The van der Waals surface area contributed by atoms with Crippen molar-refractivity contribution in [2.24, 2.45) is 0 Å². The Labute approximate surface area is 145 Å². The molecule has 0 unspecified atom stereocenters. The maximum Gasteiger partial charge on any atom is 0.333 e. The topological polar surface area (TPSA) is 35.5 Å². The predicted octanol–water partition coefficient (Wildman–Crippen LogP) is 5.09. The first-order valence-electron chi connectivity index (χ1n) is 8.17. The molecule has 0 radical (unpaired) electrons. The normalized spacial score (nSPS) is 12.6. The number of rotatable bonds is 6. The fourth-order valence-corrected chi connectivity index (χ4v) is 2.37. The first-order valence-corrected chi connectivity index (χ1v) is 8.17. The quantitative estimate of drug-likeness (QED) is 0.414. The summed E-state index contributed by atoms with van der Waals surface area (Å²) in [6.07, 6.45) is 7.87. The van der Waals surface area contributed by atoms with E-state index in [1.165, 1.54) is 16.7 Å². The molecule has 1 aromatic rings. The average Bonchev–Trinajstić information content (AvgIpc) is 2.55. The number of hydrogen-bond donors (Lipinski definition) is 0. The predicted molar refractivity (Wildman–Crippen MR) is 100 cm³/mol. The second-order valence-corrected chi connectivity index (χ2v) is 5.87. The molecule has 0 saturated heterocycles. The van der Waals surface area contributed by atoms with Crippen LogP contribution in [0.5, 0.6) is 5.75 Å². The molecule has 0 N–H and O–H groups in total. The zero-order valence-electron chi connectivity index (χ0n) is 15.8. The van der Waals surface area contributed by atoms with E-state index in [1.54, 1.807) is 27.0 Å². The summed E-state index contributed by atoms with van der Waals surface area (Å²) in [6.45, 7) is 12.2. The molecular weight excluding hydrogens is 300 g/mol. The van der Waals surface area contributed by atoms with Crippen molar-refractivity contribution in [1.82, 2.24) is 0 Å². The zero-order chi connectivity index (χ0) is 18.3. The molecule has 0 atom stereocenters. The van der Waals surface area contributed by atoms with Crippen molar-refractivity contribution in [3.05, 3.63) is 57.7 Å². The average molecular weight is 328 g/mol. The van der Waals surface area contributed by atoms with Crippen LogP contribution in [0.25, 0.3) is 6.08 Å². The minimum absolute atomic E-state index is 0.275. The molecule has 0 fully saturated rings. The van der Waals surface area contributed by atoms with Gasteiger partial charge in [-0.15, -0.1) is 0 Å². The molecule has 0 aliphatic carbocycles. The van der Waals surface area contributed by atoms with Gasteiger partial charge in [0.05, 0.1) is 13.7 Å². The molecular formula is C21H28O3. The van der Waals surface area contributed by atoms with Gasteiger partial charge in [-0.2, -0.15) is 0 Å². The van der Waals surface area contributed by atoms with Crippen LogP contribution < -0.4 is 4.74 Å². The van der Waals surface area contributed by atoms with Gasteiger partial charge >= 0.3 is 5.97 Å². The molecule has 0 bridgehead atoms. The number of hydrogen-bond acceptors (Lipinski definition) is 3. The Bertz CT molecular complexity index is 692. The SMILES string of the molecule is CCOC(=O)C(C)=CC=C(C)C=Cc1c(C)cc(OC)c(C)c1C. The molecule has 0 aromatic heterocycles. The number of benzene rings is 1. The lowest BCUT2D eigenvalue weighted by atomic mass is 9.96. The van der Waals surface area contributed by atoms with E-state index in [9.17, 15) is 4.79 Å². The number of ether oxygens (including phenoxy) is 2. The fourth-order valence-electron chi connectivity index (χ4n) is 2.37. The van der Waals surface area contributed by atoms with Crippen molar-refractivity contribution in [3.63, 3.8) is 0 Å². The molecule has 3 heteroatoms. The number of carbonyl (C=O) groups excluding carboxylic acids is 1. The van der Waals surface area contributed by atoms with Gasteiger partial charge in [-0.3, -0.25) is 0 Å². The van der Waals surface area contributed by atoms with E-state index in [-0.39, 0.29) is 5.97 Å². The lowest BCUT2D eigenvalue weighted by molar-refractivity contribution is -0.138. The van der Waals surface area contributed by atoms with Gasteiger partial charge in [0.25, 0.3) is 0 Å². The summed E-state index contributed by atoms with van der Waals surface area (Å²) < 4.78 is 10.4. The van der Waals surface area contributed by atoms with Crippen LogP contribution in [0, 0.1) is 20.8 Å². The minimum Gasteiger partial charge on any atom is -0.496 e. The Morgan fingerprint density at radius 1 is 1.12 bits per heavy atom. The van der Waals surface area contributed by atoms with Gasteiger partial charge in [0.1, 0.15) is 5.75 Å². The van der Waals surface area contributed by atoms with Crippen LogP contribution in [0.4, 0.5) is 0 Å². The molecule has 130 valence electrons. The molecule has 0 spiro atoms. The van der Waals surface area contributed by atoms with Crippen molar-refractivity contribution < 1.29 is 14.3 Å². The largest absolute Gasteiger partial charge is 0.496 e. The van der Waals surface area contributed by atoms with Crippen LogP contribution in [0.15, 0.2) is 35.4 Å². The highest BCUT2D eigenvalue weighted by Crippen LogP contribution is 2.28. The van der Waals surface area contributed by atoms with Gasteiger partial charge in [-0.1, -0.05) is 29.9 Å². The highest BCUT2D eigenvalue weighted by Gasteiger charge is 2.08. The van der Waals surface area contributed by atoms with Gasteiger partial charge in [0.2, 0.25) is 0 Å². The summed E-state index contributed by atoms with van der Waals surface area (Å²) in [5.41, 5.74) is 6.41. The summed E-state index contributed by atoms with van der Waals surface area (Å²) in [4.78, 5) is 11.6. The molecule has 3 nitrogen and oxygen atoms in total. The number of carbonyl (C=O) groups is 1. The smallest absolute Gasteiger partial charge is 0.333 e. The first-order chi connectivity index (χ1) is 11.3. The molecule has 0 amide bonds. The van der Waals surface area contributed by atoms with E-state index in [2.05, 4.69) is 39.0 Å². The number of esters is 1. The fraction of sp³-hybridized carbons (Fsp3) is 0.381. The summed E-state index contributed by atoms with van der Waals surface area (Å²) in [7, 11) is 1.70. The van der Waals surface area contributed by atoms with Crippen LogP contribution in [0.2, 0.25) is 0 Å². The monoisotopic (exact) mass is 328 g/mol. The lowest BCUT2D eigenvalue weighted by Gasteiger charge is -2.13. The van der Waals surface area contributed by atoms with Crippen molar-refractivity contribution in [1.29, 1.82) is 0 Å². The molecule has 0 aliphatic heterocycles. The Kier molecular flexibility index (Phi) is 7.50. The highest BCUT2D eigenvalue weighted by atomic mass is 16.5. The molecule has 0 heterocycles. The second-order valence-electron chi connectivity index (χ2n) is 5.87. The third-order valence-electron chi connectivity index (χ3n) is 4.03. The van der Waals surface area contributed by atoms with E-state index in [0.717, 1.165) is 16.9 Å². The van der Waals surface area contributed by atoms with Gasteiger partial charge in [-0.25, -0.2) is 4.79 Å². The van der Waals surface area contributed by atoms with E-state index in [4.69, 9.17) is 9.47 Å². The zero-order valence-corrected chi connectivity index (χ0v) is 15.8. The number of allylic oxidation sites excluding steroid dienone is 4. The van der Waals surface area contributed by atoms with Gasteiger partial charge in [0.15, 0.2) is 0 Å². The van der Waals surface area contributed by atoms with E-state index in [0.29, 0.717) is 12.2 Å². The van der Waals surface area contributed by atoms with Crippen molar-refractivity contribution in [2.45, 2.75) is 41.5 Å². The highest BCUT2D eigenvalue weighted by molar-refractivity contribution is 5.88. The van der Waals surface area contributed by atoms with Crippen LogP contribution >= 0.6 is 0 Å². The molecule has 0 saturated carbocycles. The van der Waals surface area contributed by atoms with E-state index in [1.807, 2.05) is 13.0 Å². The van der Waals surface area contributed by atoms with Gasteiger partial charge in [-0.05, 0) is 69.9 Å². The maximum absolute atomic E-state index is 11.6. The number of aryl methyl sites for hydroxylation is 1. The lowest BCUT2D eigenvalue weighted by Crippen LogP contribution is -2.04. The van der Waals surface area contributed by atoms with Crippen LogP contribution in [-0.4, -0.2) is 19.7 Å². The third kappa shape index (κ3) is 5.12. The summed E-state index contributed by atoms with van der Waals surface area (Å²) in [5, 5.41) is 0. The van der Waals surface area contributed by atoms with Gasteiger partial charge in [0, 0.05) is 5.57 Å². The molecule has 1 rings (SSSR count). The Morgan fingerprint density at radius 3 is 2.38 bits per heavy atom.